The van der Waals surface area contributed by atoms with E-state index in [9.17, 15) is 19.7 Å². The van der Waals surface area contributed by atoms with Gasteiger partial charge in [-0.15, -0.1) is 0 Å². The Morgan fingerprint density at radius 3 is 2.69 bits per heavy atom. The molecule has 2 aliphatic rings. The fourth-order valence-electron chi connectivity index (χ4n) is 5.12. The Labute approximate surface area is 205 Å². The van der Waals surface area contributed by atoms with E-state index in [-0.39, 0.29) is 23.1 Å². The summed E-state index contributed by atoms with van der Waals surface area (Å²) in [4.78, 5) is 38.7. The van der Waals surface area contributed by atoms with Crippen LogP contribution in [0.3, 0.4) is 0 Å². The fourth-order valence-corrected chi connectivity index (χ4v) is 5.12. The number of rotatable bonds is 8. The number of aromatic nitrogens is 1. The predicted octanol–water partition coefficient (Wildman–Crippen LogP) is 4.47. The lowest BCUT2D eigenvalue weighted by Gasteiger charge is -2.32. The maximum Gasteiger partial charge on any atom is 0.338 e. The average Bonchev–Trinajstić information content (AvgIpc) is 3.45. The zero-order valence-corrected chi connectivity index (χ0v) is 20.6. The third-order valence-corrected chi connectivity index (χ3v) is 7.02. The summed E-state index contributed by atoms with van der Waals surface area (Å²) in [6.07, 6.45) is 4.26. The third kappa shape index (κ3) is 5.56. The number of esters is 1. The number of nitro groups is 1. The molecule has 1 aromatic heterocycles. The zero-order chi connectivity index (χ0) is 25.1. The SMILES string of the molecule is Cc1cc(C(=O)COC(=O)c2ccc(N3CCC[C@@H](C)C3)c([N+](=O)[O-])c2)c(C)n1C[C@@H]1CCCO1. The van der Waals surface area contributed by atoms with Crippen molar-refractivity contribution in [3.8, 4) is 0 Å². The second kappa shape index (κ2) is 10.6. The van der Waals surface area contributed by atoms with Crippen molar-refractivity contribution in [1.29, 1.82) is 0 Å². The molecule has 4 rings (SSSR count). The first kappa shape index (κ1) is 24.9. The number of hydrogen-bond acceptors (Lipinski definition) is 7. The van der Waals surface area contributed by atoms with Gasteiger partial charge in [-0.2, -0.15) is 0 Å². The standard InChI is InChI=1S/C26H33N3O6/c1-17-6-4-10-27(14-17)23-9-8-20(13-24(23)29(32)33)26(31)35-16-25(30)22-12-18(2)28(19(22)3)15-21-7-5-11-34-21/h8-9,12-13,17,21H,4-7,10-11,14-16H2,1-3H3/t17-,21+/m1/s1. The highest BCUT2D eigenvalue weighted by atomic mass is 16.6. The molecule has 0 aliphatic carbocycles. The van der Waals surface area contributed by atoms with Gasteiger partial charge in [-0.05, 0) is 63.6 Å². The van der Waals surface area contributed by atoms with Gasteiger partial charge in [0, 0.05) is 49.3 Å². The minimum absolute atomic E-state index is 0.0576. The van der Waals surface area contributed by atoms with E-state index in [1.165, 1.54) is 12.1 Å². The first-order valence-corrected chi connectivity index (χ1v) is 12.3. The molecule has 0 N–H and O–H groups in total. The number of ether oxygens (including phenoxy) is 2. The summed E-state index contributed by atoms with van der Waals surface area (Å²) in [5.74, 6) is -0.613. The van der Waals surface area contributed by atoms with E-state index < -0.39 is 17.5 Å². The Bertz CT molecular complexity index is 1120. The molecular formula is C26H33N3O6. The normalized spacial score (nSPS) is 20.1. The Morgan fingerprint density at radius 2 is 2.00 bits per heavy atom. The Balaban J connectivity index is 1.43. The quantitative estimate of drug-likeness (QED) is 0.236. The molecule has 2 atom stereocenters. The number of hydrogen-bond donors (Lipinski definition) is 0. The summed E-state index contributed by atoms with van der Waals surface area (Å²) in [5.41, 5.74) is 2.71. The molecule has 188 valence electrons. The molecule has 0 unspecified atom stereocenters. The molecule has 1 aromatic carbocycles. The smallest absolute Gasteiger partial charge is 0.338 e. The van der Waals surface area contributed by atoms with E-state index in [2.05, 4.69) is 11.5 Å². The van der Waals surface area contributed by atoms with E-state index in [1.807, 2.05) is 18.7 Å². The minimum atomic E-state index is -0.756. The van der Waals surface area contributed by atoms with Crippen LogP contribution in [0.5, 0.6) is 0 Å². The van der Waals surface area contributed by atoms with Crippen LogP contribution in [-0.2, 0) is 16.0 Å². The number of benzene rings is 1. The van der Waals surface area contributed by atoms with Gasteiger partial charge in [-0.3, -0.25) is 14.9 Å². The third-order valence-electron chi connectivity index (χ3n) is 7.02. The molecule has 2 aromatic rings. The Morgan fingerprint density at radius 1 is 1.20 bits per heavy atom. The van der Waals surface area contributed by atoms with Crippen molar-refractivity contribution in [3.63, 3.8) is 0 Å². The van der Waals surface area contributed by atoms with Crippen molar-refractivity contribution < 1.29 is 24.0 Å². The van der Waals surface area contributed by atoms with Gasteiger partial charge in [0.15, 0.2) is 6.61 Å². The highest BCUT2D eigenvalue weighted by Crippen LogP contribution is 2.32. The number of nitrogens with zero attached hydrogens (tertiary/aromatic N) is 3. The molecule has 0 saturated carbocycles. The first-order valence-electron chi connectivity index (χ1n) is 12.3. The van der Waals surface area contributed by atoms with Crippen molar-refractivity contribution >= 4 is 23.1 Å². The van der Waals surface area contributed by atoms with Crippen LogP contribution in [0.2, 0.25) is 0 Å². The lowest BCUT2D eigenvalue weighted by Crippen LogP contribution is -2.34. The molecule has 2 saturated heterocycles. The van der Waals surface area contributed by atoms with Crippen molar-refractivity contribution in [1.82, 2.24) is 4.57 Å². The van der Waals surface area contributed by atoms with Gasteiger partial charge in [-0.25, -0.2) is 4.79 Å². The molecule has 9 nitrogen and oxygen atoms in total. The summed E-state index contributed by atoms with van der Waals surface area (Å²) in [6, 6.07) is 6.18. The van der Waals surface area contributed by atoms with Crippen LogP contribution in [0.1, 0.15) is 64.7 Å². The van der Waals surface area contributed by atoms with E-state index >= 15 is 0 Å². The van der Waals surface area contributed by atoms with Crippen molar-refractivity contribution in [2.24, 2.45) is 5.92 Å². The fraction of sp³-hybridized carbons (Fsp3) is 0.538. The van der Waals surface area contributed by atoms with E-state index in [0.29, 0.717) is 23.7 Å². The second-order valence-corrected chi connectivity index (χ2v) is 9.68. The van der Waals surface area contributed by atoms with Crippen LogP contribution in [0.4, 0.5) is 11.4 Å². The lowest BCUT2D eigenvalue weighted by molar-refractivity contribution is -0.384. The van der Waals surface area contributed by atoms with Gasteiger partial charge in [0.05, 0.1) is 16.6 Å². The van der Waals surface area contributed by atoms with Crippen LogP contribution in [0, 0.1) is 29.9 Å². The summed E-state index contributed by atoms with van der Waals surface area (Å²) >= 11 is 0. The lowest BCUT2D eigenvalue weighted by atomic mass is 9.99. The summed E-state index contributed by atoms with van der Waals surface area (Å²) in [5, 5.41) is 11.7. The van der Waals surface area contributed by atoms with E-state index in [4.69, 9.17) is 9.47 Å². The van der Waals surface area contributed by atoms with E-state index in [1.54, 1.807) is 12.1 Å². The highest BCUT2D eigenvalue weighted by molar-refractivity contribution is 6.00. The number of anilines is 1. The van der Waals surface area contributed by atoms with Crippen LogP contribution < -0.4 is 4.90 Å². The molecule has 9 heteroatoms. The average molecular weight is 484 g/mol. The summed E-state index contributed by atoms with van der Waals surface area (Å²) in [7, 11) is 0. The maximum absolute atomic E-state index is 12.8. The van der Waals surface area contributed by atoms with E-state index in [0.717, 1.165) is 56.8 Å². The first-order chi connectivity index (χ1) is 16.7. The monoisotopic (exact) mass is 483 g/mol. The van der Waals surface area contributed by atoms with Crippen LogP contribution in [0.25, 0.3) is 0 Å². The molecule has 0 bridgehead atoms. The minimum Gasteiger partial charge on any atom is -0.454 e. The number of aryl methyl sites for hydroxylation is 1. The number of piperidine rings is 1. The molecule has 2 aliphatic heterocycles. The number of Topliss-reactive ketones (excluding diaryl/α,β-unsaturated/α-hetero) is 1. The molecule has 2 fully saturated rings. The van der Waals surface area contributed by atoms with Crippen LogP contribution in [0.15, 0.2) is 24.3 Å². The van der Waals surface area contributed by atoms with Gasteiger partial charge >= 0.3 is 5.97 Å². The summed E-state index contributed by atoms with van der Waals surface area (Å²) in [6.45, 7) is 8.45. The summed E-state index contributed by atoms with van der Waals surface area (Å²) < 4.78 is 13.0. The number of carbonyl (C=O) groups is 2. The Kier molecular flexibility index (Phi) is 7.54. The van der Waals surface area contributed by atoms with Crippen LogP contribution >= 0.6 is 0 Å². The van der Waals surface area contributed by atoms with Crippen molar-refractivity contribution in [2.45, 2.75) is 59.1 Å². The molecule has 0 amide bonds. The topological polar surface area (TPSA) is 104 Å². The zero-order valence-electron chi connectivity index (χ0n) is 20.6. The van der Waals surface area contributed by atoms with Gasteiger partial charge < -0.3 is 18.9 Å². The molecule has 35 heavy (non-hydrogen) atoms. The van der Waals surface area contributed by atoms with Crippen molar-refractivity contribution in [3.05, 3.63) is 56.9 Å². The van der Waals surface area contributed by atoms with Gasteiger partial charge in [-0.1, -0.05) is 6.92 Å². The second-order valence-electron chi connectivity index (χ2n) is 9.68. The van der Waals surface area contributed by atoms with Gasteiger partial charge in [0.2, 0.25) is 5.78 Å². The molecule has 3 heterocycles. The highest BCUT2D eigenvalue weighted by Gasteiger charge is 2.26. The molecular weight excluding hydrogens is 450 g/mol. The maximum atomic E-state index is 12.8. The predicted molar refractivity (Wildman–Crippen MR) is 131 cm³/mol. The number of carbonyl (C=O) groups excluding carboxylic acids is 2. The van der Waals surface area contributed by atoms with Crippen molar-refractivity contribution in [2.75, 3.05) is 31.2 Å². The van der Waals surface area contributed by atoms with Crippen LogP contribution in [-0.4, -0.2) is 53.7 Å². The number of ketones is 1. The molecule has 0 radical (unpaired) electrons. The van der Waals surface area contributed by atoms with Gasteiger partial charge in [0.25, 0.3) is 5.69 Å². The number of nitro benzene ring substituents is 1. The Hall–Kier alpha value is -3.20. The van der Waals surface area contributed by atoms with Gasteiger partial charge in [0.1, 0.15) is 5.69 Å². The largest absolute Gasteiger partial charge is 0.454 e. The molecule has 0 spiro atoms.